The molecule has 180 valence electrons. The van der Waals surface area contributed by atoms with Gasteiger partial charge in [0, 0.05) is 18.1 Å². The van der Waals surface area contributed by atoms with Crippen LogP contribution < -0.4 is 9.62 Å². The van der Waals surface area contributed by atoms with Crippen molar-refractivity contribution in [3.05, 3.63) is 64.2 Å². The summed E-state index contributed by atoms with van der Waals surface area (Å²) in [5, 5.41) is 3.17. The van der Waals surface area contributed by atoms with Crippen LogP contribution in [0.4, 0.5) is 5.69 Å². The molecule has 0 aliphatic rings. The van der Waals surface area contributed by atoms with Gasteiger partial charge >= 0.3 is 0 Å². The number of carbonyl (C=O) groups is 2. The summed E-state index contributed by atoms with van der Waals surface area (Å²) in [7, 11) is -3.80. The lowest BCUT2D eigenvalue weighted by molar-refractivity contribution is -0.139. The van der Waals surface area contributed by atoms with E-state index in [1.54, 1.807) is 26.0 Å². The molecule has 0 fully saturated rings. The van der Waals surface area contributed by atoms with Gasteiger partial charge in [-0.15, -0.1) is 0 Å². The molecule has 7 nitrogen and oxygen atoms in total. The standard InChI is InChI=1S/C24H32ClN3O4S/c1-6-13-26-24(30)19(4)27(15-20-10-7-17(2)8-11-20)23(29)16-28(33(5,31)32)22-14-21(25)12-9-18(22)3/h7-12,14,19H,6,13,15-16H2,1-5H3,(H,26,30)/t19-/m1/s1. The summed E-state index contributed by atoms with van der Waals surface area (Å²) in [5.41, 5.74) is 2.91. The number of sulfonamides is 1. The van der Waals surface area contributed by atoms with Crippen molar-refractivity contribution in [2.24, 2.45) is 0 Å². The fourth-order valence-corrected chi connectivity index (χ4v) is 4.38. The first kappa shape index (κ1) is 26.7. The van der Waals surface area contributed by atoms with Gasteiger partial charge in [0.2, 0.25) is 21.8 Å². The smallest absolute Gasteiger partial charge is 0.244 e. The van der Waals surface area contributed by atoms with Crippen molar-refractivity contribution >= 4 is 39.1 Å². The topological polar surface area (TPSA) is 86.8 Å². The van der Waals surface area contributed by atoms with Gasteiger partial charge < -0.3 is 10.2 Å². The summed E-state index contributed by atoms with van der Waals surface area (Å²) in [4.78, 5) is 27.6. The number of hydrogen-bond acceptors (Lipinski definition) is 4. The van der Waals surface area contributed by atoms with Gasteiger partial charge in [0.1, 0.15) is 12.6 Å². The second-order valence-corrected chi connectivity index (χ2v) is 10.5. The summed E-state index contributed by atoms with van der Waals surface area (Å²) in [6.45, 7) is 7.52. The first-order valence-corrected chi connectivity index (χ1v) is 13.0. The van der Waals surface area contributed by atoms with E-state index in [0.717, 1.165) is 28.1 Å². The summed E-state index contributed by atoms with van der Waals surface area (Å²) < 4.78 is 26.3. The monoisotopic (exact) mass is 493 g/mol. The Morgan fingerprint density at radius 1 is 1.09 bits per heavy atom. The van der Waals surface area contributed by atoms with Gasteiger partial charge in [0.25, 0.3) is 0 Å². The van der Waals surface area contributed by atoms with Crippen molar-refractivity contribution in [1.29, 1.82) is 0 Å². The van der Waals surface area contributed by atoms with Crippen LogP contribution in [-0.4, -0.2) is 50.5 Å². The Morgan fingerprint density at radius 3 is 2.30 bits per heavy atom. The normalized spacial score (nSPS) is 12.2. The van der Waals surface area contributed by atoms with Gasteiger partial charge in [-0.25, -0.2) is 8.42 Å². The molecule has 0 bridgehead atoms. The average molecular weight is 494 g/mol. The number of hydrogen-bond donors (Lipinski definition) is 1. The van der Waals surface area contributed by atoms with Crippen LogP contribution in [0.1, 0.15) is 37.0 Å². The van der Waals surface area contributed by atoms with Gasteiger partial charge in [0.05, 0.1) is 11.9 Å². The number of nitrogens with one attached hydrogen (secondary N) is 1. The van der Waals surface area contributed by atoms with Gasteiger partial charge in [-0.2, -0.15) is 0 Å². The van der Waals surface area contributed by atoms with E-state index in [-0.39, 0.29) is 12.5 Å². The zero-order valence-corrected chi connectivity index (χ0v) is 21.3. The zero-order chi connectivity index (χ0) is 24.8. The molecule has 0 saturated heterocycles. The van der Waals surface area contributed by atoms with Crippen molar-refractivity contribution in [2.45, 2.75) is 46.7 Å². The molecule has 9 heteroatoms. The first-order chi connectivity index (χ1) is 15.4. The van der Waals surface area contributed by atoms with Crippen LogP contribution in [0, 0.1) is 13.8 Å². The molecule has 0 saturated carbocycles. The number of amides is 2. The average Bonchev–Trinajstić information content (AvgIpc) is 2.75. The van der Waals surface area contributed by atoms with E-state index in [1.807, 2.05) is 38.1 Å². The predicted molar refractivity (Wildman–Crippen MR) is 133 cm³/mol. The van der Waals surface area contributed by atoms with Gasteiger partial charge in [-0.3, -0.25) is 13.9 Å². The molecule has 0 aromatic heterocycles. The fourth-order valence-electron chi connectivity index (χ4n) is 3.31. The summed E-state index contributed by atoms with van der Waals surface area (Å²) in [5.74, 6) is -0.776. The van der Waals surface area contributed by atoms with Crippen LogP contribution in [0.25, 0.3) is 0 Å². The Balaban J connectivity index is 2.40. The highest BCUT2D eigenvalue weighted by molar-refractivity contribution is 7.92. The van der Waals surface area contributed by atoms with Gasteiger partial charge in [-0.05, 0) is 50.5 Å². The van der Waals surface area contributed by atoms with E-state index in [9.17, 15) is 18.0 Å². The van der Waals surface area contributed by atoms with E-state index in [0.29, 0.717) is 22.8 Å². The molecule has 0 unspecified atom stereocenters. The third-order valence-electron chi connectivity index (χ3n) is 5.31. The lowest BCUT2D eigenvalue weighted by atomic mass is 10.1. The summed E-state index contributed by atoms with van der Waals surface area (Å²) in [6.07, 6.45) is 1.81. The highest BCUT2D eigenvalue weighted by atomic mass is 35.5. The molecule has 0 aliphatic heterocycles. The van der Waals surface area contributed by atoms with E-state index in [2.05, 4.69) is 5.32 Å². The molecule has 2 aromatic rings. The van der Waals surface area contributed by atoms with E-state index < -0.39 is 28.5 Å². The van der Waals surface area contributed by atoms with Gasteiger partial charge in [0.15, 0.2) is 0 Å². The maximum atomic E-state index is 13.5. The largest absolute Gasteiger partial charge is 0.354 e. The molecule has 33 heavy (non-hydrogen) atoms. The summed E-state index contributed by atoms with van der Waals surface area (Å²) >= 11 is 6.10. The van der Waals surface area contributed by atoms with Crippen molar-refractivity contribution < 1.29 is 18.0 Å². The van der Waals surface area contributed by atoms with Crippen LogP contribution in [-0.2, 0) is 26.2 Å². The molecule has 2 rings (SSSR count). The number of carbonyl (C=O) groups excluding carboxylic acids is 2. The number of rotatable bonds is 10. The highest BCUT2D eigenvalue weighted by Crippen LogP contribution is 2.26. The third kappa shape index (κ3) is 7.47. The zero-order valence-electron chi connectivity index (χ0n) is 19.8. The predicted octanol–water partition coefficient (Wildman–Crippen LogP) is 3.67. The molecular formula is C24H32ClN3O4S. The highest BCUT2D eigenvalue weighted by Gasteiger charge is 2.30. The Labute approximate surface area is 201 Å². The van der Waals surface area contributed by atoms with Crippen molar-refractivity contribution in [2.75, 3.05) is 23.7 Å². The van der Waals surface area contributed by atoms with Crippen LogP contribution >= 0.6 is 11.6 Å². The van der Waals surface area contributed by atoms with Crippen molar-refractivity contribution in [1.82, 2.24) is 10.2 Å². The number of aryl methyl sites for hydroxylation is 2. The van der Waals surface area contributed by atoms with Crippen LogP contribution in [0.15, 0.2) is 42.5 Å². The van der Waals surface area contributed by atoms with Crippen LogP contribution in [0.5, 0.6) is 0 Å². The minimum absolute atomic E-state index is 0.173. The van der Waals surface area contributed by atoms with Gasteiger partial charge in [-0.1, -0.05) is 54.4 Å². The fraction of sp³-hybridized carbons (Fsp3) is 0.417. The first-order valence-electron chi connectivity index (χ1n) is 10.8. The molecule has 2 amide bonds. The van der Waals surface area contributed by atoms with Crippen LogP contribution in [0.2, 0.25) is 5.02 Å². The van der Waals surface area contributed by atoms with Crippen molar-refractivity contribution in [3.8, 4) is 0 Å². The summed E-state index contributed by atoms with van der Waals surface area (Å²) in [6, 6.07) is 11.7. The molecule has 1 N–H and O–H groups in total. The number of anilines is 1. The molecule has 0 spiro atoms. The Kier molecular flexibility index (Phi) is 9.31. The third-order valence-corrected chi connectivity index (χ3v) is 6.67. The lowest BCUT2D eigenvalue weighted by Crippen LogP contribution is -2.51. The van der Waals surface area contributed by atoms with E-state index in [1.165, 1.54) is 11.0 Å². The minimum Gasteiger partial charge on any atom is -0.354 e. The molecule has 0 radical (unpaired) electrons. The van der Waals surface area contributed by atoms with E-state index >= 15 is 0 Å². The molecule has 0 aliphatic carbocycles. The lowest BCUT2D eigenvalue weighted by Gasteiger charge is -2.32. The maximum Gasteiger partial charge on any atom is 0.244 e. The second kappa shape index (κ2) is 11.5. The molecule has 0 heterocycles. The Hall–Kier alpha value is -2.58. The minimum atomic E-state index is -3.80. The Morgan fingerprint density at radius 2 is 1.73 bits per heavy atom. The number of halogens is 1. The number of nitrogens with zero attached hydrogens (tertiary/aromatic N) is 2. The second-order valence-electron chi connectivity index (χ2n) is 8.17. The number of benzene rings is 2. The molecular weight excluding hydrogens is 462 g/mol. The van der Waals surface area contributed by atoms with Crippen molar-refractivity contribution in [3.63, 3.8) is 0 Å². The van der Waals surface area contributed by atoms with Crippen LogP contribution in [0.3, 0.4) is 0 Å². The SMILES string of the molecule is CCCNC(=O)[C@@H](C)N(Cc1ccc(C)cc1)C(=O)CN(c1cc(Cl)ccc1C)S(C)(=O)=O. The quantitative estimate of drug-likeness (QED) is 0.547. The maximum absolute atomic E-state index is 13.5. The Bertz CT molecular complexity index is 1090. The van der Waals surface area contributed by atoms with E-state index in [4.69, 9.17) is 11.6 Å². The molecule has 2 aromatic carbocycles. The molecule has 1 atom stereocenters.